The molecule has 2 atom stereocenters. The van der Waals surface area contributed by atoms with E-state index < -0.39 is 6.10 Å². The molecule has 4 heteroatoms. The molecule has 21 heavy (non-hydrogen) atoms. The highest BCUT2D eigenvalue weighted by Crippen LogP contribution is 2.40. The van der Waals surface area contributed by atoms with Crippen LogP contribution in [0.5, 0.6) is 11.5 Å². The van der Waals surface area contributed by atoms with Crippen LogP contribution in [0.15, 0.2) is 18.2 Å². The number of aliphatic hydroxyl groups is 1. The molecular weight excluding hydrogens is 266 g/mol. The van der Waals surface area contributed by atoms with E-state index in [4.69, 9.17) is 9.47 Å². The predicted molar refractivity (Wildman–Crippen MR) is 84.0 cm³/mol. The Labute approximate surface area is 127 Å². The van der Waals surface area contributed by atoms with E-state index in [-0.39, 0.29) is 6.04 Å². The molecule has 1 aromatic carbocycles. The Kier molecular flexibility index (Phi) is 5.88. The summed E-state index contributed by atoms with van der Waals surface area (Å²) in [6.07, 6.45) is 1.78. The van der Waals surface area contributed by atoms with Gasteiger partial charge in [0.05, 0.1) is 12.6 Å². The normalized spacial score (nSPS) is 21.0. The number of fused-ring (bicyclic) bond motifs is 1. The summed E-state index contributed by atoms with van der Waals surface area (Å²) < 4.78 is 11.5. The fraction of sp³-hybridized carbons (Fsp3) is 0.647. The van der Waals surface area contributed by atoms with Crippen LogP contribution in [0, 0.1) is 0 Å². The molecule has 1 N–H and O–H groups in total. The monoisotopic (exact) mass is 293 g/mol. The van der Waals surface area contributed by atoms with E-state index in [9.17, 15) is 5.11 Å². The van der Waals surface area contributed by atoms with Gasteiger partial charge in [-0.25, -0.2) is 0 Å². The highest BCUT2D eigenvalue weighted by molar-refractivity contribution is 5.49. The van der Waals surface area contributed by atoms with Crippen molar-refractivity contribution in [2.75, 3.05) is 26.3 Å². The van der Waals surface area contributed by atoms with Gasteiger partial charge in [-0.1, -0.05) is 32.4 Å². The van der Waals surface area contributed by atoms with E-state index in [1.54, 1.807) is 0 Å². The first kappa shape index (κ1) is 16.1. The molecule has 0 spiro atoms. The summed E-state index contributed by atoms with van der Waals surface area (Å²) >= 11 is 0. The molecule has 2 rings (SSSR count). The van der Waals surface area contributed by atoms with Gasteiger partial charge in [0.15, 0.2) is 11.5 Å². The van der Waals surface area contributed by atoms with Crippen LogP contribution >= 0.6 is 0 Å². The number of para-hydroxylation sites is 1. The Morgan fingerprint density at radius 3 is 2.81 bits per heavy atom. The first-order valence-corrected chi connectivity index (χ1v) is 8.03. The second kappa shape index (κ2) is 7.66. The average Bonchev–Trinajstić information content (AvgIpc) is 2.50. The van der Waals surface area contributed by atoms with Gasteiger partial charge in [-0.2, -0.15) is 0 Å². The summed E-state index contributed by atoms with van der Waals surface area (Å²) in [7, 11) is 0. The van der Waals surface area contributed by atoms with Crippen LogP contribution in [0.25, 0.3) is 0 Å². The standard InChI is InChI=1S/C17H27NO3/c1-4-7-11-18(5-2)14-12-21-17-13(16(14)19)9-8-10-15(17)20-6-3/h8-10,14,16,19H,4-7,11-12H2,1-3H3. The van der Waals surface area contributed by atoms with Crippen LogP contribution in [0.1, 0.15) is 45.3 Å². The van der Waals surface area contributed by atoms with E-state index in [1.807, 2.05) is 25.1 Å². The van der Waals surface area contributed by atoms with Gasteiger partial charge in [0, 0.05) is 5.56 Å². The first-order valence-electron chi connectivity index (χ1n) is 8.03. The lowest BCUT2D eigenvalue weighted by Crippen LogP contribution is -2.46. The molecule has 0 radical (unpaired) electrons. The van der Waals surface area contributed by atoms with Crippen molar-refractivity contribution >= 4 is 0 Å². The van der Waals surface area contributed by atoms with Crippen LogP contribution in [-0.4, -0.2) is 42.4 Å². The zero-order chi connectivity index (χ0) is 15.2. The maximum Gasteiger partial charge on any atom is 0.167 e. The van der Waals surface area contributed by atoms with Crippen molar-refractivity contribution in [2.45, 2.75) is 45.8 Å². The third kappa shape index (κ3) is 3.50. The molecule has 0 aromatic heterocycles. The van der Waals surface area contributed by atoms with Gasteiger partial charge < -0.3 is 14.6 Å². The molecule has 118 valence electrons. The summed E-state index contributed by atoms with van der Waals surface area (Å²) in [5, 5.41) is 10.7. The number of nitrogens with zero attached hydrogens (tertiary/aromatic N) is 1. The fourth-order valence-corrected chi connectivity index (χ4v) is 2.88. The maximum atomic E-state index is 10.7. The molecule has 1 aliphatic heterocycles. The molecule has 0 bridgehead atoms. The average molecular weight is 293 g/mol. The molecule has 4 nitrogen and oxygen atoms in total. The second-order valence-corrected chi connectivity index (χ2v) is 5.41. The molecule has 1 heterocycles. The number of rotatable bonds is 7. The predicted octanol–water partition coefficient (Wildman–Crippen LogP) is 3.00. The highest BCUT2D eigenvalue weighted by atomic mass is 16.5. The molecule has 0 saturated heterocycles. The number of hydrogen-bond acceptors (Lipinski definition) is 4. The number of unbranched alkanes of at least 4 members (excludes halogenated alkanes) is 1. The zero-order valence-electron chi connectivity index (χ0n) is 13.3. The quantitative estimate of drug-likeness (QED) is 0.839. The smallest absolute Gasteiger partial charge is 0.167 e. The largest absolute Gasteiger partial charge is 0.490 e. The first-order chi connectivity index (χ1) is 10.2. The lowest BCUT2D eigenvalue weighted by molar-refractivity contribution is 0.00377. The summed E-state index contributed by atoms with van der Waals surface area (Å²) in [6.45, 7) is 9.29. The number of ether oxygens (including phenoxy) is 2. The highest BCUT2D eigenvalue weighted by Gasteiger charge is 2.34. The molecule has 2 unspecified atom stereocenters. The minimum absolute atomic E-state index is 0.0194. The Morgan fingerprint density at radius 1 is 1.33 bits per heavy atom. The number of aliphatic hydroxyl groups excluding tert-OH is 1. The van der Waals surface area contributed by atoms with Crippen molar-refractivity contribution in [2.24, 2.45) is 0 Å². The van der Waals surface area contributed by atoms with Gasteiger partial charge in [-0.05, 0) is 32.5 Å². The van der Waals surface area contributed by atoms with E-state index in [0.29, 0.717) is 19.0 Å². The van der Waals surface area contributed by atoms with Crippen molar-refractivity contribution in [3.8, 4) is 11.5 Å². The molecule has 0 saturated carbocycles. The van der Waals surface area contributed by atoms with Gasteiger partial charge in [-0.3, -0.25) is 4.90 Å². The van der Waals surface area contributed by atoms with Crippen LogP contribution in [0.3, 0.4) is 0 Å². The van der Waals surface area contributed by atoms with Gasteiger partial charge in [-0.15, -0.1) is 0 Å². The van der Waals surface area contributed by atoms with Crippen LogP contribution in [-0.2, 0) is 0 Å². The third-order valence-corrected chi connectivity index (χ3v) is 4.06. The number of likely N-dealkylation sites (N-methyl/N-ethyl adjacent to an activating group) is 1. The van der Waals surface area contributed by atoms with Gasteiger partial charge in [0.2, 0.25) is 0 Å². The van der Waals surface area contributed by atoms with Crippen molar-refractivity contribution in [1.82, 2.24) is 4.90 Å². The van der Waals surface area contributed by atoms with E-state index in [1.165, 1.54) is 0 Å². The summed E-state index contributed by atoms with van der Waals surface area (Å²) in [5.74, 6) is 1.43. The number of benzene rings is 1. The Bertz CT molecular complexity index is 450. The van der Waals surface area contributed by atoms with Gasteiger partial charge >= 0.3 is 0 Å². The Morgan fingerprint density at radius 2 is 2.14 bits per heavy atom. The third-order valence-electron chi connectivity index (χ3n) is 4.06. The maximum absolute atomic E-state index is 10.7. The fourth-order valence-electron chi connectivity index (χ4n) is 2.88. The second-order valence-electron chi connectivity index (χ2n) is 5.41. The van der Waals surface area contributed by atoms with Crippen LogP contribution in [0.4, 0.5) is 0 Å². The van der Waals surface area contributed by atoms with E-state index >= 15 is 0 Å². The number of hydrogen-bond donors (Lipinski definition) is 1. The van der Waals surface area contributed by atoms with Crippen LogP contribution in [0.2, 0.25) is 0 Å². The molecule has 1 aromatic rings. The molecule has 0 amide bonds. The summed E-state index contributed by atoms with van der Waals surface area (Å²) in [6, 6.07) is 5.76. The Balaban J connectivity index is 2.19. The van der Waals surface area contributed by atoms with Crippen molar-refractivity contribution in [1.29, 1.82) is 0 Å². The topological polar surface area (TPSA) is 41.9 Å². The van der Waals surface area contributed by atoms with Gasteiger partial charge in [0.25, 0.3) is 0 Å². The lowest BCUT2D eigenvalue weighted by atomic mass is 9.97. The van der Waals surface area contributed by atoms with Crippen LogP contribution < -0.4 is 9.47 Å². The van der Waals surface area contributed by atoms with Crippen molar-refractivity contribution in [3.05, 3.63) is 23.8 Å². The lowest BCUT2D eigenvalue weighted by Gasteiger charge is -2.38. The molecule has 1 aliphatic rings. The zero-order valence-corrected chi connectivity index (χ0v) is 13.3. The molecule has 0 fully saturated rings. The Hall–Kier alpha value is -1.26. The molecular formula is C17H27NO3. The van der Waals surface area contributed by atoms with E-state index in [0.717, 1.165) is 37.2 Å². The van der Waals surface area contributed by atoms with Crippen molar-refractivity contribution in [3.63, 3.8) is 0 Å². The SMILES string of the molecule is CCCCN(CC)C1COc2c(OCC)cccc2C1O. The minimum Gasteiger partial charge on any atom is -0.490 e. The summed E-state index contributed by atoms with van der Waals surface area (Å²) in [5.41, 5.74) is 0.840. The summed E-state index contributed by atoms with van der Waals surface area (Å²) in [4.78, 5) is 2.31. The van der Waals surface area contributed by atoms with E-state index in [2.05, 4.69) is 18.7 Å². The molecule has 0 aliphatic carbocycles. The van der Waals surface area contributed by atoms with Crippen molar-refractivity contribution < 1.29 is 14.6 Å². The van der Waals surface area contributed by atoms with Gasteiger partial charge in [0.1, 0.15) is 12.7 Å². The minimum atomic E-state index is -0.522.